The van der Waals surface area contributed by atoms with E-state index in [9.17, 15) is 4.79 Å². The van der Waals surface area contributed by atoms with Crippen molar-refractivity contribution in [1.29, 1.82) is 0 Å². The molecular weight excluding hydrogens is 328 g/mol. The molecule has 6 nitrogen and oxygen atoms in total. The molecule has 2 N–H and O–H groups in total. The number of hydrogen-bond donors (Lipinski definition) is 2. The summed E-state index contributed by atoms with van der Waals surface area (Å²) in [5.41, 5.74) is 2.97. The van der Waals surface area contributed by atoms with Crippen LogP contribution in [0.25, 0.3) is 0 Å². The maximum Gasteiger partial charge on any atom is 0.275 e. The van der Waals surface area contributed by atoms with E-state index >= 15 is 0 Å². The molecule has 0 saturated heterocycles. The van der Waals surface area contributed by atoms with E-state index < -0.39 is 0 Å². The quantitative estimate of drug-likeness (QED) is 0.699. The van der Waals surface area contributed by atoms with Gasteiger partial charge in [-0.25, -0.2) is 9.97 Å². The number of aromatic nitrogens is 2. The number of amides is 1. The van der Waals surface area contributed by atoms with Gasteiger partial charge in [-0.2, -0.15) is 0 Å². The maximum absolute atomic E-state index is 12.2. The number of ether oxygens (including phenoxy) is 1. The molecule has 26 heavy (non-hydrogen) atoms. The number of rotatable bonds is 6. The van der Waals surface area contributed by atoms with Gasteiger partial charge < -0.3 is 15.4 Å². The van der Waals surface area contributed by atoms with Crippen molar-refractivity contribution in [3.63, 3.8) is 0 Å². The number of hydrogen-bond acceptors (Lipinski definition) is 5. The lowest BCUT2D eigenvalue weighted by molar-refractivity contribution is 0.102. The van der Waals surface area contributed by atoms with Crippen molar-refractivity contribution in [1.82, 2.24) is 9.97 Å². The number of anilines is 3. The van der Waals surface area contributed by atoms with Gasteiger partial charge in [0.25, 0.3) is 5.91 Å². The largest absolute Gasteiger partial charge is 0.494 e. The normalized spacial score (nSPS) is 10.2. The topological polar surface area (TPSA) is 76.1 Å². The zero-order valence-corrected chi connectivity index (χ0v) is 14.7. The molecular formula is C20H20N4O2. The summed E-state index contributed by atoms with van der Waals surface area (Å²) in [6.07, 6.45) is 2.97. The van der Waals surface area contributed by atoms with Crippen molar-refractivity contribution < 1.29 is 9.53 Å². The number of carbonyl (C=O) groups excluding carboxylic acids is 1. The first-order valence-electron chi connectivity index (χ1n) is 8.34. The molecule has 0 saturated carbocycles. The smallest absolute Gasteiger partial charge is 0.275 e. The molecule has 1 heterocycles. The highest BCUT2D eigenvalue weighted by molar-refractivity contribution is 6.02. The highest BCUT2D eigenvalue weighted by Crippen LogP contribution is 2.18. The van der Waals surface area contributed by atoms with Crippen LogP contribution in [0, 0.1) is 6.92 Å². The van der Waals surface area contributed by atoms with Gasteiger partial charge in [-0.05, 0) is 50.2 Å². The van der Waals surface area contributed by atoms with E-state index in [1.54, 1.807) is 0 Å². The van der Waals surface area contributed by atoms with E-state index in [1.807, 2.05) is 62.4 Å². The Bertz CT molecular complexity index is 860. The maximum atomic E-state index is 12.2. The molecule has 0 radical (unpaired) electrons. The monoisotopic (exact) mass is 348 g/mol. The van der Waals surface area contributed by atoms with E-state index in [1.165, 1.54) is 12.4 Å². The Kier molecular flexibility index (Phi) is 5.43. The van der Waals surface area contributed by atoms with Gasteiger partial charge in [0.05, 0.1) is 19.0 Å². The summed E-state index contributed by atoms with van der Waals surface area (Å²) < 4.78 is 5.41. The summed E-state index contributed by atoms with van der Waals surface area (Å²) in [7, 11) is 0. The lowest BCUT2D eigenvalue weighted by atomic mass is 10.2. The fourth-order valence-corrected chi connectivity index (χ4v) is 2.29. The summed E-state index contributed by atoms with van der Waals surface area (Å²) >= 11 is 0. The zero-order chi connectivity index (χ0) is 18.4. The molecule has 132 valence electrons. The molecule has 0 fully saturated rings. The Labute approximate surface area is 152 Å². The van der Waals surface area contributed by atoms with Gasteiger partial charge in [-0.15, -0.1) is 0 Å². The van der Waals surface area contributed by atoms with Crippen LogP contribution in [0.3, 0.4) is 0 Å². The molecule has 0 atom stereocenters. The Balaban J connectivity index is 1.62. The molecule has 1 aromatic heterocycles. The van der Waals surface area contributed by atoms with Crippen LogP contribution in [-0.2, 0) is 0 Å². The number of carbonyl (C=O) groups is 1. The van der Waals surface area contributed by atoms with E-state index in [-0.39, 0.29) is 11.6 Å². The number of aryl methyl sites for hydroxylation is 1. The Morgan fingerprint density at radius 3 is 2.27 bits per heavy atom. The molecule has 0 spiro atoms. The lowest BCUT2D eigenvalue weighted by Gasteiger charge is -2.08. The van der Waals surface area contributed by atoms with E-state index in [0.717, 1.165) is 22.7 Å². The Morgan fingerprint density at radius 2 is 1.65 bits per heavy atom. The average molecular weight is 348 g/mol. The molecule has 0 aliphatic rings. The highest BCUT2D eigenvalue weighted by Gasteiger charge is 2.08. The van der Waals surface area contributed by atoms with Crippen LogP contribution in [0.15, 0.2) is 60.9 Å². The van der Waals surface area contributed by atoms with Crippen LogP contribution in [0.1, 0.15) is 23.0 Å². The van der Waals surface area contributed by atoms with E-state index in [4.69, 9.17) is 4.74 Å². The first kappa shape index (κ1) is 17.4. The van der Waals surface area contributed by atoms with E-state index in [2.05, 4.69) is 20.6 Å². The highest BCUT2D eigenvalue weighted by atomic mass is 16.5. The fraction of sp³-hybridized carbons (Fsp3) is 0.150. The molecule has 0 unspecified atom stereocenters. The average Bonchev–Trinajstić information content (AvgIpc) is 2.66. The molecule has 3 aromatic rings. The van der Waals surface area contributed by atoms with Crippen molar-refractivity contribution in [2.24, 2.45) is 0 Å². The van der Waals surface area contributed by atoms with Crippen molar-refractivity contribution in [2.75, 3.05) is 17.2 Å². The van der Waals surface area contributed by atoms with Gasteiger partial charge in [0, 0.05) is 11.4 Å². The Hall–Kier alpha value is -3.41. The van der Waals surface area contributed by atoms with Crippen LogP contribution >= 0.6 is 0 Å². The van der Waals surface area contributed by atoms with Crippen LogP contribution in [0.5, 0.6) is 5.75 Å². The molecule has 2 aromatic carbocycles. The third kappa shape index (κ3) is 4.57. The van der Waals surface area contributed by atoms with Gasteiger partial charge >= 0.3 is 0 Å². The van der Waals surface area contributed by atoms with Crippen LogP contribution < -0.4 is 15.4 Å². The molecule has 0 aliphatic carbocycles. The summed E-state index contributed by atoms with van der Waals surface area (Å²) in [4.78, 5) is 20.6. The first-order chi connectivity index (χ1) is 12.6. The minimum absolute atomic E-state index is 0.253. The molecule has 3 rings (SSSR count). The number of nitrogens with zero attached hydrogens (tertiary/aromatic N) is 2. The number of nitrogens with one attached hydrogen (secondary N) is 2. The zero-order valence-electron chi connectivity index (χ0n) is 14.7. The lowest BCUT2D eigenvalue weighted by Crippen LogP contribution is -2.14. The molecule has 0 aliphatic heterocycles. The van der Waals surface area contributed by atoms with E-state index in [0.29, 0.717) is 12.4 Å². The first-order valence-corrected chi connectivity index (χ1v) is 8.34. The molecule has 6 heteroatoms. The fourth-order valence-electron chi connectivity index (χ4n) is 2.29. The van der Waals surface area contributed by atoms with Crippen molar-refractivity contribution in [3.05, 3.63) is 72.2 Å². The second kappa shape index (κ2) is 8.11. The van der Waals surface area contributed by atoms with Gasteiger partial charge in [-0.1, -0.05) is 17.7 Å². The SMILES string of the molecule is CCOc1ccc(Nc2cnc(C(=O)Nc3ccc(C)cc3)cn2)cc1. The molecule has 0 bridgehead atoms. The summed E-state index contributed by atoms with van der Waals surface area (Å²) in [6, 6.07) is 15.1. The number of benzene rings is 2. The second-order valence-corrected chi connectivity index (χ2v) is 5.69. The summed E-state index contributed by atoms with van der Waals surface area (Å²) in [5, 5.41) is 5.93. The van der Waals surface area contributed by atoms with Crippen LogP contribution in [0.4, 0.5) is 17.2 Å². The third-order valence-electron chi connectivity index (χ3n) is 3.63. The minimum atomic E-state index is -0.297. The van der Waals surface area contributed by atoms with Gasteiger partial charge in [0.1, 0.15) is 17.3 Å². The van der Waals surface area contributed by atoms with Crippen LogP contribution in [-0.4, -0.2) is 22.5 Å². The molecule has 1 amide bonds. The standard InChI is InChI=1S/C20H20N4O2/c1-3-26-17-10-8-15(9-11-17)23-19-13-21-18(12-22-19)20(25)24-16-6-4-14(2)5-7-16/h4-13H,3H2,1-2H3,(H,22,23)(H,24,25). The summed E-state index contributed by atoms with van der Waals surface area (Å²) in [5.74, 6) is 1.07. The van der Waals surface area contributed by atoms with Gasteiger partial charge in [0.2, 0.25) is 0 Å². The third-order valence-corrected chi connectivity index (χ3v) is 3.63. The Morgan fingerprint density at radius 1 is 0.962 bits per heavy atom. The van der Waals surface area contributed by atoms with Gasteiger partial charge in [-0.3, -0.25) is 4.79 Å². The second-order valence-electron chi connectivity index (χ2n) is 5.69. The predicted molar refractivity (Wildman–Crippen MR) is 102 cm³/mol. The van der Waals surface area contributed by atoms with Crippen molar-refractivity contribution >= 4 is 23.1 Å². The van der Waals surface area contributed by atoms with Crippen molar-refractivity contribution in [3.8, 4) is 5.75 Å². The van der Waals surface area contributed by atoms with Crippen molar-refractivity contribution in [2.45, 2.75) is 13.8 Å². The summed E-state index contributed by atoms with van der Waals surface area (Å²) in [6.45, 7) is 4.57. The van der Waals surface area contributed by atoms with Gasteiger partial charge in [0.15, 0.2) is 0 Å². The van der Waals surface area contributed by atoms with Crippen LogP contribution in [0.2, 0.25) is 0 Å². The minimum Gasteiger partial charge on any atom is -0.494 e. The predicted octanol–water partition coefficient (Wildman–Crippen LogP) is 4.18.